The second kappa shape index (κ2) is 7.45. The van der Waals surface area contributed by atoms with Crippen molar-refractivity contribution in [3.63, 3.8) is 0 Å². The number of amides is 1. The van der Waals surface area contributed by atoms with Gasteiger partial charge in [-0.3, -0.25) is 14.4 Å². The largest absolute Gasteiger partial charge is 0.426 e. The number of aromatic nitrogens is 1. The predicted octanol–water partition coefficient (Wildman–Crippen LogP) is 2.98. The molecule has 138 valence electrons. The molecule has 0 atom stereocenters. The van der Waals surface area contributed by atoms with Gasteiger partial charge in [0, 0.05) is 18.7 Å². The summed E-state index contributed by atoms with van der Waals surface area (Å²) in [5.41, 5.74) is 7.76. The van der Waals surface area contributed by atoms with Crippen LogP contribution in [0.25, 0.3) is 10.9 Å². The summed E-state index contributed by atoms with van der Waals surface area (Å²) >= 11 is 0. The van der Waals surface area contributed by atoms with E-state index in [9.17, 15) is 14.4 Å². The van der Waals surface area contributed by atoms with Gasteiger partial charge in [0.2, 0.25) is 0 Å². The molecule has 0 aliphatic rings. The number of rotatable bonds is 6. The maximum absolute atomic E-state index is 12.5. The van der Waals surface area contributed by atoms with E-state index in [2.05, 4.69) is 0 Å². The maximum Gasteiger partial charge on any atom is 0.310 e. The number of hydrogen-bond acceptors (Lipinski definition) is 4. The molecule has 0 aliphatic carbocycles. The van der Waals surface area contributed by atoms with Crippen LogP contribution in [-0.2, 0) is 16.1 Å². The third-order valence-corrected chi connectivity index (χ3v) is 4.46. The van der Waals surface area contributed by atoms with Crippen molar-refractivity contribution in [1.29, 1.82) is 0 Å². The first-order valence-corrected chi connectivity index (χ1v) is 8.64. The van der Waals surface area contributed by atoms with Crippen LogP contribution in [0.15, 0.2) is 48.5 Å². The first-order valence-electron chi connectivity index (χ1n) is 8.64. The molecular formula is C21H20N2O4. The van der Waals surface area contributed by atoms with Crippen LogP contribution in [0.2, 0.25) is 0 Å². The Morgan fingerprint density at radius 2 is 1.74 bits per heavy atom. The van der Waals surface area contributed by atoms with Crippen LogP contribution in [0.4, 0.5) is 0 Å². The number of carbonyl (C=O) groups is 3. The minimum Gasteiger partial charge on any atom is -0.426 e. The van der Waals surface area contributed by atoms with Crippen molar-refractivity contribution < 1.29 is 19.1 Å². The van der Waals surface area contributed by atoms with Gasteiger partial charge < -0.3 is 15.0 Å². The lowest BCUT2D eigenvalue weighted by molar-refractivity contribution is -0.133. The Morgan fingerprint density at radius 3 is 2.37 bits per heavy atom. The summed E-state index contributed by atoms with van der Waals surface area (Å²) in [4.78, 5) is 35.9. The van der Waals surface area contributed by atoms with Gasteiger partial charge in [0.25, 0.3) is 11.7 Å². The molecule has 0 saturated carbocycles. The first-order chi connectivity index (χ1) is 12.9. The molecule has 0 radical (unpaired) electrons. The van der Waals surface area contributed by atoms with Crippen molar-refractivity contribution in [2.45, 2.75) is 26.8 Å². The Balaban J connectivity index is 2.26. The summed E-state index contributed by atoms with van der Waals surface area (Å²) in [6, 6.07) is 14.9. The molecule has 1 aromatic heterocycles. The van der Waals surface area contributed by atoms with Crippen molar-refractivity contribution >= 4 is 28.6 Å². The molecule has 27 heavy (non-hydrogen) atoms. The highest BCUT2D eigenvalue weighted by atomic mass is 16.5. The summed E-state index contributed by atoms with van der Waals surface area (Å²) in [6.07, 6.45) is 0.194. The van der Waals surface area contributed by atoms with E-state index in [-0.39, 0.29) is 17.7 Å². The van der Waals surface area contributed by atoms with E-state index < -0.39 is 17.7 Å². The SMILES string of the molecule is CCC(=O)Oc1cccc2c1c(C(=O)C(N)=O)c(C)n2Cc1ccccc1. The fourth-order valence-corrected chi connectivity index (χ4v) is 3.14. The predicted molar refractivity (Wildman–Crippen MR) is 102 cm³/mol. The highest BCUT2D eigenvalue weighted by Crippen LogP contribution is 2.34. The summed E-state index contributed by atoms with van der Waals surface area (Å²) in [5, 5.41) is 0.427. The lowest BCUT2D eigenvalue weighted by atomic mass is 10.1. The fourth-order valence-electron chi connectivity index (χ4n) is 3.14. The van der Waals surface area contributed by atoms with Gasteiger partial charge in [-0.2, -0.15) is 0 Å². The van der Waals surface area contributed by atoms with Crippen LogP contribution >= 0.6 is 0 Å². The van der Waals surface area contributed by atoms with Crippen LogP contribution < -0.4 is 10.5 Å². The smallest absolute Gasteiger partial charge is 0.310 e. The minimum atomic E-state index is -1.05. The Bertz CT molecular complexity index is 1040. The van der Waals surface area contributed by atoms with Gasteiger partial charge in [-0.15, -0.1) is 0 Å². The molecule has 0 fully saturated rings. The average molecular weight is 364 g/mol. The third kappa shape index (κ3) is 3.46. The van der Waals surface area contributed by atoms with Crippen LogP contribution in [0.1, 0.15) is 35.0 Å². The number of fused-ring (bicyclic) bond motifs is 1. The molecular weight excluding hydrogens is 344 g/mol. The lowest BCUT2D eigenvalue weighted by Gasteiger charge is -2.09. The van der Waals surface area contributed by atoms with Gasteiger partial charge >= 0.3 is 5.97 Å². The van der Waals surface area contributed by atoms with Crippen molar-refractivity contribution in [3.8, 4) is 5.75 Å². The number of nitrogens with zero attached hydrogens (tertiary/aromatic N) is 1. The molecule has 0 bridgehead atoms. The summed E-state index contributed by atoms with van der Waals surface area (Å²) in [7, 11) is 0. The van der Waals surface area contributed by atoms with Crippen molar-refractivity contribution in [3.05, 3.63) is 65.4 Å². The number of primary amides is 1. The topological polar surface area (TPSA) is 91.4 Å². The zero-order valence-corrected chi connectivity index (χ0v) is 15.2. The van der Waals surface area contributed by atoms with E-state index in [1.54, 1.807) is 26.0 Å². The van der Waals surface area contributed by atoms with E-state index in [4.69, 9.17) is 10.5 Å². The Morgan fingerprint density at radius 1 is 1.04 bits per heavy atom. The maximum atomic E-state index is 12.5. The molecule has 0 spiro atoms. The van der Waals surface area contributed by atoms with Gasteiger partial charge in [0.1, 0.15) is 5.75 Å². The van der Waals surface area contributed by atoms with Gasteiger partial charge in [-0.25, -0.2) is 0 Å². The summed E-state index contributed by atoms with van der Waals surface area (Å²) < 4.78 is 7.33. The van der Waals surface area contributed by atoms with E-state index in [1.165, 1.54) is 0 Å². The number of esters is 1. The molecule has 3 aromatic rings. The van der Waals surface area contributed by atoms with Crippen LogP contribution in [0.3, 0.4) is 0 Å². The molecule has 1 heterocycles. The number of ketones is 1. The highest BCUT2D eigenvalue weighted by Gasteiger charge is 2.26. The average Bonchev–Trinajstić information content (AvgIpc) is 2.94. The molecule has 6 heteroatoms. The molecule has 0 unspecified atom stereocenters. The summed E-state index contributed by atoms with van der Waals surface area (Å²) in [5.74, 6) is -2.02. The highest BCUT2D eigenvalue weighted by molar-refractivity contribution is 6.45. The molecule has 2 aromatic carbocycles. The molecule has 6 nitrogen and oxygen atoms in total. The second-order valence-corrected chi connectivity index (χ2v) is 6.20. The van der Waals surface area contributed by atoms with E-state index >= 15 is 0 Å². The fraction of sp³-hybridized carbons (Fsp3) is 0.190. The van der Waals surface area contributed by atoms with Gasteiger partial charge in [0.15, 0.2) is 0 Å². The lowest BCUT2D eigenvalue weighted by Crippen LogP contribution is -2.24. The second-order valence-electron chi connectivity index (χ2n) is 6.20. The normalized spacial score (nSPS) is 10.7. The standard InChI is InChI=1S/C21H20N2O4/c1-3-17(24)27-16-11-7-10-15-19(16)18(20(25)21(22)26)13(2)23(15)12-14-8-5-4-6-9-14/h4-11H,3,12H2,1-2H3,(H2,22,26). The molecule has 0 aliphatic heterocycles. The van der Waals surface area contributed by atoms with Gasteiger partial charge in [-0.05, 0) is 24.6 Å². The number of Topliss-reactive ketones (excluding diaryl/α,β-unsaturated/α-hetero) is 1. The van der Waals surface area contributed by atoms with E-state index in [0.717, 1.165) is 5.56 Å². The van der Waals surface area contributed by atoms with E-state index in [1.807, 2.05) is 41.0 Å². The Labute approximate surface area is 156 Å². The van der Waals surface area contributed by atoms with Crippen LogP contribution in [-0.4, -0.2) is 22.2 Å². The van der Waals surface area contributed by atoms with Crippen molar-refractivity contribution in [2.75, 3.05) is 0 Å². The Hall–Kier alpha value is -3.41. The number of benzene rings is 2. The monoisotopic (exact) mass is 364 g/mol. The zero-order valence-electron chi connectivity index (χ0n) is 15.2. The number of carbonyl (C=O) groups excluding carboxylic acids is 3. The van der Waals surface area contributed by atoms with Crippen LogP contribution in [0.5, 0.6) is 5.75 Å². The van der Waals surface area contributed by atoms with Gasteiger partial charge in [0.05, 0.1) is 16.5 Å². The van der Waals surface area contributed by atoms with Gasteiger partial charge in [-0.1, -0.05) is 43.3 Å². The third-order valence-electron chi connectivity index (χ3n) is 4.46. The molecule has 2 N–H and O–H groups in total. The zero-order chi connectivity index (χ0) is 19.6. The minimum absolute atomic E-state index is 0.174. The first kappa shape index (κ1) is 18.4. The van der Waals surface area contributed by atoms with Crippen LogP contribution in [0, 0.1) is 6.92 Å². The molecule has 3 rings (SSSR count). The number of ether oxygens (including phenoxy) is 1. The van der Waals surface area contributed by atoms with Crippen molar-refractivity contribution in [2.24, 2.45) is 5.73 Å². The molecule has 0 saturated heterocycles. The van der Waals surface area contributed by atoms with E-state index in [0.29, 0.717) is 23.1 Å². The summed E-state index contributed by atoms with van der Waals surface area (Å²) in [6.45, 7) is 3.94. The number of hydrogen-bond donors (Lipinski definition) is 1. The van der Waals surface area contributed by atoms with Crippen molar-refractivity contribution in [1.82, 2.24) is 4.57 Å². The quantitative estimate of drug-likeness (QED) is 0.315. The number of nitrogens with two attached hydrogens (primary N) is 1. The Kier molecular flexibility index (Phi) is 5.07. The molecule has 1 amide bonds.